The van der Waals surface area contributed by atoms with Crippen LogP contribution in [-0.2, 0) is 5.54 Å². The highest BCUT2D eigenvalue weighted by molar-refractivity contribution is 5.42. The number of halogens is 2. The van der Waals surface area contributed by atoms with Crippen molar-refractivity contribution in [3.8, 4) is 0 Å². The van der Waals surface area contributed by atoms with Gasteiger partial charge in [0.05, 0.1) is 0 Å². The third kappa shape index (κ3) is 2.74. The first-order valence-corrected chi connectivity index (χ1v) is 9.13. The number of benzene rings is 2. The Bertz CT molecular complexity index is 678. The molecular weight excluding hydrogens is 334 g/mol. The molecule has 0 bridgehead atoms. The number of hydrogen-bond acceptors (Lipinski definition) is 4. The van der Waals surface area contributed by atoms with Gasteiger partial charge in [0, 0.05) is 39.3 Å². The first-order chi connectivity index (χ1) is 12.7. The van der Waals surface area contributed by atoms with Gasteiger partial charge in [0.25, 0.3) is 0 Å². The Labute approximate surface area is 152 Å². The summed E-state index contributed by atoms with van der Waals surface area (Å²) in [6, 6.07) is 15.0. The molecule has 4 rings (SSSR count). The maximum Gasteiger partial charge on any atom is 0.343 e. The largest absolute Gasteiger partial charge is 0.343 e. The highest BCUT2D eigenvalue weighted by atomic mass is 19.3. The van der Waals surface area contributed by atoms with Gasteiger partial charge in [-0.1, -0.05) is 60.7 Å². The summed E-state index contributed by atoms with van der Waals surface area (Å²) in [5.41, 5.74) is -0.425. The molecule has 2 aromatic carbocycles. The lowest BCUT2D eigenvalue weighted by atomic mass is 9.79. The van der Waals surface area contributed by atoms with E-state index in [-0.39, 0.29) is 6.54 Å². The standard InChI is InChI=1S/C20H24F2N4/c21-20(22)19(17-7-3-1-4-8-17,18-9-5-2-6-10-18)24-13-16-26(20)25-14-11-23-12-15-25/h1-10,23-24H,11-16H2. The van der Waals surface area contributed by atoms with E-state index in [9.17, 15) is 0 Å². The van der Waals surface area contributed by atoms with Crippen molar-refractivity contribution < 1.29 is 8.78 Å². The molecule has 0 radical (unpaired) electrons. The van der Waals surface area contributed by atoms with Crippen molar-refractivity contribution in [2.75, 3.05) is 39.3 Å². The van der Waals surface area contributed by atoms with Crippen molar-refractivity contribution in [2.24, 2.45) is 0 Å². The molecule has 0 saturated carbocycles. The maximum absolute atomic E-state index is 16.1. The smallest absolute Gasteiger partial charge is 0.314 e. The van der Waals surface area contributed by atoms with Gasteiger partial charge in [-0.25, -0.2) is 5.01 Å². The van der Waals surface area contributed by atoms with Crippen molar-refractivity contribution in [1.29, 1.82) is 0 Å². The van der Waals surface area contributed by atoms with E-state index >= 15 is 8.78 Å². The van der Waals surface area contributed by atoms with Crippen LogP contribution in [0.2, 0.25) is 0 Å². The molecule has 4 nitrogen and oxygen atoms in total. The highest BCUT2D eigenvalue weighted by Crippen LogP contribution is 2.47. The van der Waals surface area contributed by atoms with E-state index in [4.69, 9.17) is 0 Å². The van der Waals surface area contributed by atoms with E-state index < -0.39 is 11.6 Å². The zero-order valence-electron chi connectivity index (χ0n) is 14.7. The molecule has 6 heteroatoms. The van der Waals surface area contributed by atoms with Gasteiger partial charge < -0.3 is 5.32 Å². The molecule has 2 N–H and O–H groups in total. The predicted octanol–water partition coefficient (Wildman–Crippen LogP) is 2.25. The zero-order chi connectivity index (χ0) is 18.0. The van der Waals surface area contributed by atoms with Crippen LogP contribution in [0.4, 0.5) is 8.78 Å². The lowest BCUT2D eigenvalue weighted by Crippen LogP contribution is -2.74. The fourth-order valence-corrected chi connectivity index (χ4v) is 4.10. The van der Waals surface area contributed by atoms with E-state index in [0.29, 0.717) is 30.8 Å². The summed E-state index contributed by atoms with van der Waals surface area (Å²) in [5.74, 6) is 0. The third-order valence-corrected chi connectivity index (χ3v) is 5.34. The second kappa shape index (κ2) is 7.04. The number of nitrogens with one attached hydrogen (secondary N) is 2. The number of hydrogen-bond donors (Lipinski definition) is 2. The number of nitrogens with zero attached hydrogens (tertiary/aromatic N) is 2. The molecule has 0 aliphatic carbocycles. The Kier molecular flexibility index (Phi) is 4.75. The molecule has 2 saturated heterocycles. The lowest BCUT2D eigenvalue weighted by Gasteiger charge is -2.54. The first kappa shape index (κ1) is 17.5. The second-order valence-corrected chi connectivity index (χ2v) is 6.78. The normalized spacial score (nSPS) is 23.6. The summed E-state index contributed by atoms with van der Waals surface area (Å²) in [4.78, 5) is 0. The number of alkyl halides is 2. The molecule has 2 fully saturated rings. The van der Waals surface area contributed by atoms with Crippen LogP contribution in [-0.4, -0.2) is 55.3 Å². The highest BCUT2D eigenvalue weighted by Gasteiger charge is 2.62. The predicted molar refractivity (Wildman–Crippen MR) is 97.8 cm³/mol. The second-order valence-electron chi connectivity index (χ2n) is 6.78. The Hall–Kier alpha value is -1.86. The molecule has 0 amide bonds. The molecule has 0 atom stereocenters. The van der Waals surface area contributed by atoms with Gasteiger partial charge in [0.15, 0.2) is 0 Å². The number of rotatable bonds is 3. The zero-order valence-corrected chi connectivity index (χ0v) is 14.7. The number of hydrazine groups is 1. The molecule has 2 aliphatic heterocycles. The summed E-state index contributed by atoms with van der Waals surface area (Å²) in [6.07, 6.45) is 0. The molecule has 138 valence electrons. The molecule has 2 aliphatic rings. The van der Waals surface area contributed by atoms with Crippen LogP contribution in [0.5, 0.6) is 0 Å². The first-order valence-electron chi connectivity index (χ1n) is 9.13. The summed E-state index contributed by atoms with van der Waals surface area (Å²) in [7, 11) is 0. The van der Waals surface area contributed by atoms with Crippen LogP contribution in [0.3, 0.4) is 0 Å². The van der Waals surface area contributed by atoms with Gasteiger partial charge in [-0.15, -0.1) is 0 Å². The van der Waals surface area contributed by atoms with Crippen LogP contribution in [0.1, 0.15) is 11.1 Å². The summed E-state index contributed by atoms with van der Waals surface area (Å²) >= 11 is 0. The van der Waals surface area contributed by atoms with E-state index in [2.05, 4.69) is 10.6 Å². The van der Waals surface area contributed by atoms with E-state index in [1.165, 1.54) is 5.01 Å². The van der Waals surface area contributed by atoms with E-state index in [1.807, 2.05) is 36.4 Å². The van der Waals surface area contributed by atoms with E-state index in [0.717, 1.165) is 13.1 Å². The van der Waals surface area contributed by atoms with Gasteiger partial charge in [0.1, 0.15) is 5.54 Å². The van der Waals surface area contributed by atoms with Crippen molar-refractivity contribution >= 4 is 0 Å². The Morgan fingerprint density at radius 1 is 0.731 bits per heavy atom. The molecule has 26 heavy (non-hydrogen) atoms. The average molecular weight is 358 g/mol. The molecule has 0 unspecified atom stereocenters. The van der Waals surface area contributed by atoms with Crippen LogP contribution < -0.4 is 10.6 Å². The minimum absolute atomic E-state index is 0.286. The summed E-state index contributed by atoms with van der Waals surface area (Å²) < 4.78 is 32.3. The minimum Gasteiger partial charge on any atom is -0.314 e. The Morgan fingerprint density at radius 2 is 1.27 bits per heavy atom. The minimum atomic E-state index is -3.11. The topological polar surface area (TPSA) is 30.5 Å². The SMILES string of the molecule is FC1(F)N(N2CCNCC2)CCNC1(c1ccccc1)c1ccccc1. The average Bonchev–Trinajstić information content (AvgIpc) is 2.70. The fourth-order valence-electron chi connectivity index (χ4n) is 4.10. The maximum atomic E-state index is 16.1. The molecular formula is C20H24F2N4. The van der Waals surface area contributed by atoms with Crippen LogP contribution in [0.15, 0.2) is 60.7 Å². The van der Waals surface area contributed by atoms with Crippen LogP contribution >= 0.6 is 0 Å². The number of piperazine rings is 2. The molecule has 0 aromatic heterocycles. The van der Waals surface area contributed by atoms with Gasteiger partial charge in [-0.3, -0.25) is 5.32 Å². The van der Waals surface area contributed by atoms with Crippen molar-refractivity contribution in [3.63, 3.8) is 0 Å². The van der Waals surface area contributed by atoms with Crippen molar-refractivity contribution in [1.82, 2.24) is 20.7 Å². The molecule has 0 spiro atoms. The third-order valence-electron chi connectivity index (χ3n) is 5.34. The summed E-state index contributed by atoms with van der Waals surface area (Å²) in [5, 5.41) is 9.51. The summed E-state index contributed by atoms with van der Waals surface area (Å²) in [6.45, 7) is 3.41. The quantitative estimate of drug-likeness (QED) is 0.824. The monoisotopic (exact) mass is 358 g/mol. The Morgan fingerprint density at radius 3 is 1.81 bits per heavy atom. The van der Waals surface area contributed by atoms with E-state index in [1.54, 1.807) is 29.3 Å². The lowest BCUT2D eigenvalue weighted by molar-refractivity contribution is -0.291. The fraction of sp³-hybridized carbons (Fsp3) is 0.400. The van der Waals surface area contributed by atoms with Gasteiger partial charge >= 0.3 is 6.05 Å². The van der Waals surface area contributed by atoms with Gasteiger partial charge in [-0.2, -0.15) is 13.8 Å². The van der Waals surface area contributed by atoms with Gasteiger partial charge in [0.2, 0.25) is 0 Å². The molecule has 2 aromatic rings. The molecule has 2 heterocycles. The van der Waals surface area contributed by atoms with Crippen LogP contribution in [0.25, 0.3) is 0 Å². The van der Waals surface area contributed by atoms with Crippen molar-refractivity contribution in [2.45, 2.75) is 11.6 Å². The van der Waals surface area contributed by atoms with Crippen LogP contribution in [0, 0.1) is 0 Å². The van der Waals surface area contributed by atoms with Crippen molar-refractivity contribution in [3.05, 3.63) is 71.8 Å². The Balaban J connectivity index is 1.84. The van der Waals surface area contributed by atoms with Gasteiger partial charge in [-0.05, 0) is 11.1 Å².